The van der Waals surface area contributed by atoms with E-state index in [2.05, 4.69) is 17.1 Å². The number of nitrogens with one attached hydrogen (secondary N) is 1. The monoisotopic (exact) mass is 212 g/mol. The van der Waals surface area contributed by atoms with Gasteiger partial charge in [-0.15, -0.1) is 0 Å². The van der Waals surface area contributed by atoms with Crippen molar-refractivity contribution >= 4 is 0 Å². The highest BCUT2D eigenvalue weighted by molar-refractivity contribution is 4.95. The van der Waals surface area contributed by atoms with E-state index < -0.39 is 0 Å². The smallest absolute Gasteiger partial charge is 0.0615 e. The van der Waals surface area contributed by atoms with Crippen molar-refractivity contribution in [1.82, 2.24) is 10.2 Å². The molecule has 0 aromatic carbocycles. The maximum Gasteiger partial charge on any atom is 0.0615 e. The van der Waals surface area contributed by atoms with Gasteiger partial charge in [0.15, 0.2) is 0 Å². The van der Waals surface area contributed by atoms with Gasteiger partial charge in [0.2, 0.25) is 0 Å². The molecule has 2 rings (SSSR count). The molecule has 1 heterocycles. The summed E-state index contributed by atoms with van der Waals surface area (Å²) < 4.78 is 0. The molecule has 0 radical (unpaired) electrons. The zero-order valence-corrected chi connectivity index (χ0v) is 9.84. The van der Waals surface area contributed by atoms with E-state index in [0.29, 0.717) is 12.5 Å². The van der Waals surface area contributed by atoms with Crippen LogP contribution in [0.5, 0.6) is 0 Å². The Hall–Kier alpha value is -0.120. The van der Waals surface area contributed by atoms with Crippen LogP contribution in [0.2, 0.25) is 0 Å². The zero-order chi connectivity index (χ0) is 10.7. The standard InChI is InChI=1S/C12H24N2O/c1-12(10-15,11-4-2-3-5-11)14-8-6-13-7-9-14/h11,13,15H,2-10H2,1H3. The normalized spacial score (nSPS) is 29.2. The molecule has 0 bridgehead atoms. The van der Waals surface area contributed by atoms with Crippen LogP contribution in [0, 0.1) is 5.92 Å². The molecule has 0 spiro atoms. The molecular formula is C12H24N2O. The van der Waals surface area contributed by atoms with E-state index in [1.165, 1.54) is 25.7 Å². The lowest BCUT2D eigenvalue weighted by Crippen LogP contribution is -2.59. The summed E-state index contributed by atoms with van der Waals surface area (Å²) in [4.78, 5) is 2.50. The molecule has 2 fully saturated rings. The number of piperazine rings is 1. The van der Waals surface area contributed by atoms with Crippen LogP contribution in [0.15, 0.2) is 0 Å². The second-order valence-electron chi connectivity index (χ2n) is 5.23. The zero-order valence-electron chi connectivity index (χ0n) is 9.84. The first-order valence-electron chi connectivity index (χ1n) is 6.34. The van der Waals surface area contributed by atoms with E-state index in [-0.39, 0.29) is 5.54 Å². The van der Waals surface area contributed by atoms with Crippen LogP contribution in [0.1, 0.15) is 32.6 Å². The van der Waals surface area contributed by atoms with Crippen molar-refractivity contribution in [3.05, 3.63) is 0 Å². The summed E-state index contributed by atoms with van der Waals surface area (Å²) in [7, 11) is 0. The molecule has 2 aliphatic rings. The molecular weight excluding hydrogens is 188 g/mol. The molecule has 1 unspecified atom stereocenters. The van der Waals surface area contributed by atoms with Gasteiger partial charge >= 0.3 is 0 Å². The molecule has 3 nitrogen and oxygen atoms in total. The van der Waals surface area contributed by atoms with Gasteiger partial charge in [-0.05, 0) is 25.7 Å². The van der Waals surface area contributed by atoms with Crippen molar-refractivity contribution in [1.29, 1.82) is 0 Å². The van der Waals surface area contributed by atoms with Crippen LogP contribution in [0.25, 0.3) is 0 Å². The number of rotatable bonds is 3. The van der Waals surface area contributed by atoms with Gasteiger partial charge in [0.05, 0.1) is 6.61 Å². The molecule has 1 saturated carbocycles. The molecule has 1 atom stereocenters. The molecule has 88 valence electrons. The van der Waals surface area contributed by atoms with Crippen molar-refractivity contribution in [3.8, 4) is 0 Å². The molecule has 0 aromatic rings. The summed E-state index contributed by atoms with van der Waals surface area (Å²) in [5, 5.41) is 13.1. The van der Waals surface area contributed by atoms with E-state index in [9.17, 15) is 5.11 Å². The molecule has 2 N–H and O–H groups in total. The van der Waals surface area contributed by atoms with Crippen LogP contribution in [-0.2, 0) is 0 Å². The number of aliphatic hydroxyl groups excluding tert-OH is 1. The van der Waals surface area contributed by atoms with Gasteiger partial charge in [-0.2, -0.15) is 0 Å². The minimum absolute atomic E-state index is 0.0403. The first-order chi connectivity index (χ1) is 7.27. The van der Waals surface area contributed by atoms with E-state index in [1.54, 1.807) is 0 Å². The fourth-order valence-electron chi connectivity index (χ4n) is 3.21. The third-order valence-electron chi connectivity index (χ3n) is 4.39. The Morgan fingerprint density at radius 1 is 1.27 bits per heavy atom. The summed E-state index contributed by atoms with van der Waals surface area (Å²) in [6.07, 6.45) is 5.32. The van der Waals surface area contributed by atoms with Crippen molar-refractivity contribution < 1.29 is 5.11 Å². The summed E-state index contributed by atoms with van der Waals surface area (Å²) >= 11 is 0. The van der Waals surface area contributed by atoms with E-state index in [0.717, 1.165) is 26.2 Å². The second-order valence-corrected chi connectivity index (χ2v) is 5.23. The van der Waals surface area contributed by atoms with Crippen LogP contribution in [0.4, 0.5) is 0 Å². The predicted octanol–water partition coefficient (Wildman–Crippen LogP) is 0.833. The fourth-order valence-corrected chi connectivity index (χ4v) is 3.21. The fraction of sp³-hybridized carbons (Fsp3) is 1.00. The third kappa shape index (κ3) is 2.19. The number of aliphatic hydroxyl groups is 1. The van der Waals surface area contributed by atoms with Gasteiger partial charge in [0, 0.05) is 31.7 Å². The van der Waals surface area contributed by atoms with Crippen molar-refractivity contribution in [3.63, 3.8) is 0 Å². The van der Waals surface area contributed by atoms with Crippen LogP contribution < -0.4 is 5.32 Å². The Morgan fingerprint density at radius 3 is 2.40 bits per heavy atom. The van der Waals surface area contributed by atoms with Gasteiger partial charge < -0.3 is 10.4 Å². The molecule has 1 aliphatic carbocycles. The maximum atomic E-state index is 9.74. The molecule has 0 amide bonds. The number of hydrogen-bond donors (Lipinski definition) is 2. The summed E-state index contributed by atoms with van der Waals surface area (Å²) in [6, 6.07) is 0. The first kappa shape index (κ1) is 11.4. The average Bonchev–Trinajstić information content (AvgIpc) is 2.83. The lowest BCUT2D eigenvalue weighted by Gasteiger charge is -2.46. The highest BCUT2D eigenvalue weighted by atomic mass is 16.3. The average molecular weight is 212 g/mol. The van der Waals surface area contributed by atoms with Gasteiger partial charge in [-0.1, -0.05) is 12.8 Å². The summed E-state index contributed by atoms with van der Waals surface area (Å²) in [6.45, 7) is 6.90. The predicted molar refractivity (Wildman–Crippen MR) is 61.9 cm³/mol. The van der Waals surface area contributed by atoms with Crippen molar-refractivity contribution in [2.75, 3.05) is 32.8 Å². The van der Waals surface area contributed by atoms with E-state index in [4.69, 9.17) is 0 Å². The Labute approximate surface area is 92.8 Å². The Balaban J connectivity index is 2.04. The Kier molecular flexibility index (Phi) is 3.65. The van der Waals surface area contributed by atoms with E-state index >= 15 is 0 Å². The Bertz CT molecular complexity index is 198. The van der Waals surface area contributed by atoms with Crippen molar-refractivity contribution in [2.24, 2.45) is 5.92 Å². The summed E-state index contributed by atoms with van der Waals surface area (Å²) in [5.74, 6) is 0.709. The molecule has 1 aliphatic heterocycles. The van der Waals surface area contributed by atoms with Gasteiger partial charge in [-0.25, -0.2) is 0 Å². The number of hydrogen-bond acceptors (Lipinski definition) is 3. The molecule has 1 saturated heterocycles. The SMILES string of the molecule is CC(CO)(C1CCCC1)N1CCNCC1. The molecule has 0 aromatic heterocycles. The quantitative estimate of drug-likeness (QED) is 0.727. The maximum absolute atomic E-state index is 9.74. The minimum Gasteiger partial charge on any atom is -0.394 e. The highest BCUT2D eigenvalue weighted by Gasteiger charge is 2.40. The molecule has 15 heavy (non-hydrogen) atoms. The first-order valence-corrected chi connectivity index (χ1v) is 6.34. The van der Waals surface area contributed by atoms with Gasteiger partial charge in [0.1, 0.15) is 0 Å². The minimum atomic E-state index is 0.0403. The van der Waals surface area contributed by atoms with E-state index in [1.807, 2.05) is 0 Å². The largest absolute Gasteiger partial charge is 0.394 e. The third-order valence-corrected chi connectivity index (χ3v) is 4.39. The van der Waals surface area contributed by atoms with Crippen LogP contribution >= 0.6 is 0 Å². The van der Waals surface area contributed by atoms with Gasteiger partial charge in [-0.3, -0.25) is 4.90 Å². The topological polar surface area (TPSA) is 35.5 Å². The van der Waals surface area contributed by atoms with Crippen molar-refractivity contribution in [2.45, 2.75) is 38.1 Å². The van der Waals surface area contributed by atoms with Gasteiger partial charge in [0.25, 0.3) is 0 Å². The number of nitrogens with zero attached hydrogens (tertiary/aromatic N) is 1. The highest BCUT2D eigenvalue weighted by Crippen LogP contribution is 2.37. The van der Waals surface area contributed by atoms with Crippen LogP contribution in [-0.4, -0.2) is 48.3 Å². The second kappa shape index (κ2) is 4.81. The lowest BCUT2D eigenvalue weighted by atomic mass is 9.83. The van der Waals surface area contributed by atoms with Crippen LogP contribution in [0.3, 0.4) is 0 Å². The Morgan fingerprint density at radius 2 is 1.87 bits per heavy atom. The summed E-state index contributed by atoms with van der Waals surface area (Å²) in [5.41, 5.74) is 0.0403. The molecule has 3 heteroatoms. The lowest BCUT2D eigenvalue weighted by molar-refractivity contribution is -0.00823.